The molecule has 0 radical (unpaired) electrons. The summed E-state index contributed by atoms with van der Waals surface area (Å²) in [5, 5.41) is 7.57. The molecule has 0 aliphatic carbocycles. The molecule has 0 aliphatic rings. The molecule has 7 nitrogen and oxygen atoms in total. The number of sulfonamides is 1. The van der Waals surface area contributed by atoms with Gasteiger partial charge in [0, 0.05) is 6.20 Å². The molecule has 2 heterocycles. The molecular weight excluding hydrogens is 384 g/mol. The molecule has 0 bridgehead atoms. The van der Waals surface area contributed by atoms with Crippen molar-refractivity contribution in [2.24, 2.45) is 0 Å². The van der Waals surface area contributed by atoms with Gasteiger partial charge in [0.15, 0.2) is 11.6 Å². The second-order valence-electron chi connectivity index (χ2n) is 5.22. The molecular formula is C15H15F2N5O2S2. The predicted molar refractivity (Wildman–Crippen MR) is 94.5 cm³/mol. The fourth-order valence-corrected chi connectivity index (χ4v) is 4.20. The van der Waals surface area contributed by atoms with E-state index in [9.17, 15) is 17.2 Å². The number of nitrogens with zero attached hydrogens (tertiary/aromatic N) is 4. The minimum Gasteiger partial charge on any atom is -0.319 e. The van der Waals surface area contributed by atoms with E-state index in [0.717, 1.165) is 11.3 Å². The molecule has 2 aromatic heterocycles. The Balaban J connectivity index is 1.87. The maximum Gasteiger partial charge on any atom is 0.297 e. The molecule has 138 valence electrons. The highest BCUT2D eigenvalue weighted by Crippen LogP contribution is 2.28. The number of aromatic nitrogens is 4. The van der Waals surface area contributed by atoms with E-state index < -0.39 is 22.3 Å². The summed E-state index contributed by atoms with van der Waals surface area (Å²) in [5.74, 6) is -0.400. The molecule has 3 aromatic rings. The van der Waals surface area contributed by atoms with Crippen LogP contribution in [-0.4, -0.2) is 34.3 Å². The number of halogens is 2. The van der Waals surface area contributed by atoms with E-state index in [1.165, 1.54) is 10.5 Å². The number of H-pyrrole nitrogens is 1. The average Bonchev–Trinajstić information content (AvgIpc) is 3.29. The van der Waals surface area contributed by atoms with E-state index >= 15 is 0 Å². The molecule has 0 atom stereocenters. The van der Waals surface area contributed by atoms with Crippen LogP contribution in [0.2, 0.25) is 0 Å². The number of hydrogen-bond acceptors (Lipinski definition) is 6. The first-order valence-electron chi connectivity index (χ1n) is 7.62. The van der Waals surface area contributed by atoms with E-state index in [1.54, 1.807) is 37.3 Å². The zero-order valence-corrected chi connectivity index (χ0v) is 15.3. The van der Waals surface area contributed by atoms with Gasteiger partial charge in [0.25, 0.3) is 6.43 Å². The number of hydrogen-bond donors (Lipinski definition) is 1. The minimum absolute atomic E-state index is 0.0424. The smallest absolute Gasteiger partial charge is 0.297 e. The Morgan fingerprint density at radius 3 is 2.58 bits per heavy atom. The number of para-hydroxylation sites is 1. The zero-order valence-electron chi connectivity index (χ0n) is 13.6. The second kappa shape index (κ2) is 7.46. The van der Waals surface area contributed by atoms with Crippen LogP contribution in [0.1, 0.15) is 24.2 Å². The van der Waals surface area contributed by atoms with Crippen LogP contribution in [0.3, 0.4) is 0 Å². The summed E-state index contributed by atoms with van der Waals surface area (Å²) in [6.07, 6.45) is -1.29. The lowest BCUT2D eigenvalue weighted by Gasteiger charge is -2.22. The molecule has 26 heavy (non-hydrogen) atoms. The number of alkyl halides is 2. The molecule has 0 aliphatic heterocycles. The van der Waals surface area contributed by atoms with Gasteiger partial charge in [0.05, 0.1) is 22.9 Å². The van der Waals surface area contributed by atoms with Gasteiger partial charge in [0.1, 0.15) is 5.01 Å². The number of nitrogens with one attached hydrogen (secondary N) is 1. The summed E-state index contributed by atoms with van der Waals surface area (Å²) in [4.78, 5) is 7.13. The fourth-order valence-electron chi connectivity index (χ4n) is 2.20. The summed E-state index contributed by atoms with van der Waals surface area (Å²) in [5.41, 5.74) is 0.533. The Morgan fingerprint density at radius 1 is 1.23 bits per heavy atom. The third-order valence-electron chi connectivity index (χ3n) is 3.52. The number of anilines is 1. The van der Waals surface area contributed by atoms with Gasteiger partial charge < -0.3 is 4.98 Å². The van der Waals surface area contributed by atoms with E-state index in [-0.39, 0.29) is 18.1 Å². The lowest BCUT2D eigenvalue weighted by Crippen LogP contribution is -2.31. The molecule has 0 amide bonds. The van der Waals surface area contributed by atoms with Crippen molar-refractivity contribution in [2.45, 2.75) is 19.9 Å². The van der Waals surface area contributed by atoms with E-state index in [2.05, 4.69) is 20.2 Å². The summed E-state index contributed by atoms with van der Waals surface area (Å²) in [6, 6.07) is 8.70. The van der Waals surface area contributed by atoms with Gasteiger partial charge in [-0.1, -0.05) is 18.2 Å². The molecule has 3 rings (SSSR count). The number of rotatable bonds is 7. The fraction of sp³-hybridized carbons (Fsp3) is 0.267. The van der Waals surface area contributed by atoms with Gasteiger partial charge in [-0.05, 0) is 19.1 Å². The van der Waals surface area contributed by atoms with Crippen molar-refractivity contribution in [3.8, 4) is 10.7 Å². The van der Waals surface area contributed by atoms with Crippen molar-refractivity contribution >= 4 is 27.0 Å². The van der Waals surface area contributed by atoms with Crippen LogP contribution in [0.15, 0.2) is 36.5 Å². The maximum absolute atomic E-state index is 12.6. The Kier molecular flexibility index (Phi) is 5.28. The molecule has 0 saturated heterocycles. The maximum atomic E-state index is 12.6. The first kappa shape index (κ1) is 18.4. The monoisotopic (exact) mass is 399 g/mol. The molecule has 0 unspecified atom stereocenters. The summed E-state index contributed by atoms with van der Waals surface area (Å²) in [6.45, 7) is 1.61. The van der Waals surface area contributed by atoms with Crippen molar-refractivity contribution in [2.75, 3.05) is 10.1 Å². The highest BCUT2D eigenvalue weighted by Gasteiger charge is 2.23. The molecule has 11 heteroatoms. The number of aromatic amines is 1. The van der Waals surface area contributed by atoms with Crippen LogP contribution in [0, 0.1) is 0 Å². The first-order chi connectivity index (χ1) is 12.4. The van der Waals surface area contributed by atoms with Crippen molar-refractivity contribution in [1.29, 1.82) is 0 Å². The topological polar surface area (TPSA) is 91.8 Å². The molecule has 1 N–H and O–H groups in total. The van der Waals surface area contributed by atoms with E-state index in [4.69, 9.17) is 0 Å². The quantitative estimate of drug-likeness (QED) is 0.659. The van der Waals surface area contributed by atoms with Crippen molar-refractivity contribution < 1.29 is 17.2 Å². The van der Waals surface area contributed by atoms with Crippen LogP contribution in [0.5, 0.6) is 0 Å². The van der Waals surface area contributed by atoms with E-state index in [0.29, 0.717) is 15.6 Å². The van der Waals surface area contributed by atoms with Gasteiger partial charge in [-0.25, -0.2) is 22.2 Å². The summed E-state index contributed by atoms with van der Waals surface area (Å²) >= 11 is 1.16. The number of benzene rings is 1. The third kappa shape index (κ3) is 3.88. The standard InChI is InChI=1S/C15H15F2N5O2S2/c1-2-26(23,24)22(10-6-4-3-5-7-10)9-12-18-8-11(25-12)14-19-15(13(16)17)21-20-14/h3-8,13H,2,9H2,1H3,(H,19,20,21). The zero-order chi connectivity index (χ0) is 18.7. The second-order valence-corrected chi connectivity index (χ2v) is 8.52. The Labute approximate surface area is 152 Å². The van der Waals surface area contributed by atoms with Gasteiger partial charge in [-0.3, -0.25) is 4.31 Å². The third-order valence-corrected chi connectivity index (χ3v) is 6.25. The van der Waals surface area contributed by atoms with Crippen LogP contribution < -0.4 is 4.31 Å². The van der Waals surface area contributed by atoms with Crippen LogP contribution in [0.4, 0.5) is 14.5 Å². The summed E-state index contributed by atoms with van der Waals surface area (Å²) < 4.78 is 51.4. The molecule has 0 fully saturated rings. The SMILES string of the molecule is CCS(=O)(=O)N(Cc1ncc(-c2nnc(C(F)F)[nH]2)s1)c1ccccc1. The Morgan fingerprint density at radius 2 is 1.96 bits per heavy atom. The lowest BCUT2D eigenvalue weighted by atomic mass is 10.3. The first-order valence-corrected chi connectivity index (χ1v) is 10.0. The molecule has 1 aromatic carbocycles. The van der Waals surface area contributed by atoms with Crippen LogP contribution >= 0.6 is 11.3 Å². The minimum atomic E-state index is -3.51. The predicted octanol–water partition coefficient (Wildman–Crippen LogP) is 3.22. The number of thiazole rings is 1. The Hall–Kier alpha value is -2.40. The van der Waals surface area contributed by atoms with Gasteiger partial charge in [0.2, 0.25) is 10.0 Å². The summed E-state index contributed by atoms with van der Waals surface area (Å²) in [7, 11) is -3.51. The Bertz CT molecular complexity index is 973. The lowest BCUT2D eigenvalue weighted by molar-refractivity contribution is 0.141. The van der Waals surface area contributed by atoms with Crippen LogP contribution in [0.25, 0.3) is 10.7 Å². The molecule has 0 spiro atoms. The highest BCUT2D eigenvalue weighted by atomic mass is 32.2. The van der Waals surface area contributed by atoms with Crippen molar-refractivity contribution in [3.63, 3.8) is 0 Å². The molecule has 0 saturated carbocycles. The van der Waals surface area contributed by atoms with Crippen molar-refractivity contribution in [3.05, 3.63) is 47.4 Å². The van der Waals surface area contributed by atoms with Gasteiger partial charge in [-0.15, -0.1) is 21.5 Å². The largest absolute Gasteiger partial charge is 0.319 e. The normalized spacial score (nSPS) is 11.8. The van der Waals surface area contributed by atoms with Gasteiger partial charge >= 0.3 is 0 Å². The van der Waals surface area contributed by atoms with E-state index in [1.807, 2.05) is 0 Å². The van der Waals surface area contributed by atoms with Crippen LogP contribution in [-0.2, 0) is 16.6 Å². The average molecular weight is 399 g/mol. The highest BCUT2D eigenvalue weighted by molar-refractivity contribution is 7.92. The van der Waals surface area contributed by atoms with Gasteiger partial charge in [-0.2, -0.15) is 0 Å². The van der Waals surface area contributed by atoms with Crippen molar-refractivity contribution in [1.82, 2.24) is 20.2 Å².